The van der Waals surface area contributed by atoms with Crippen molar-refractivity contribution in [1.29, 1.82) is 0 Å². The molecule has 0 unspecified atom stereocenters. The van der Waals surface area contributed by atoms with Gasteiger partial charge in [0, 0.05) is 11.3 Å². The van der Waals surface area contributed by atoms with Gasteiger partial charge in [0.25, 0.3) is 11.8 Å². The van der Waals surface area contributed by atoms with Crippen molar-refractivity contribution in [2.45, 2.75) is 26.7 Å². The van der Waals surface area contributed by atoms with E-state index in [1.807, 2.05) is 32.0 Å². The molecule has 29 heavy (non-hydrogen) atoms. The van der Waals surface area contributed by atoms with Gasteiger partial charge in [-0.05, 0) is 42.2 Å². The van der Waals surface area contributed by atoms with Crippen molar-refractivity contribution in [3.8, 4) is 5.75 Å². The number of ether oxygens (including phenoxy) is 2. The Morgan fingerprint density at radius 3 is 2.24 bits per heavy atom. The minimum absolute atomic E-state index is 0.338. The zero-order chi connectivity index (χ0) is 21.2. The maximum atomic E-state index is 12.2. The highest BCUT2D eigenvalue weighted by atomic mass is 16.5. The van der Waals surface area contributed by atoms with Crippen LogP contribution in [-0.2, 0) is 27.2 Å². The summed E-state index contributed by atoms with van der Waals surface area (Å²) in [6.45, 7) is 3.26. The minimum atomic E-state index is -0.698. The first-order valence-corrected chi connectivity index (χ1v) is 9.46. The van der Waals surface area contributed by atoms with E-state index in [0.29, 0.717) is 11.3 Å². The molecule has 0 heterocycles. The van der Waals surface area contributed by atoms with Gasteiger partial charge in [0.15, 0.2) is 6.61 Å². The molecule has 154 valence electrons. The van der Waals surface area contributed by atoms with Gasteiger partial charge < -0.3 is 20.1 Å². The molecular formula is C22H26N2O5. The smallest absolute Gasteiger partial charge is 0.325 e. The van der Waals surface area contributed by atoms with Crippen molar-refractivity contribution in [3.05, 3.63) is 59.2 Å². The topological polar surface area (TPSA) is 93.7 Å². The van der Waals surface area contributed by atoms with E-state index in [4.69, 9.17) is 9.47 Å². The Morgan fingerprint density at radius 1 is 0.966 bits per heavy atom. The number of anilines is 1. The van der Waals surface area contributed by atoms with Gasteiger partial charge in [-0.1, -0.05) is 38.1 Å². The molecule has 0 aliphatic heterocycles. The van der Waals surface area contributed by atoms with Crippen LogP contribution in [-0.4, -0.2) is 38.0 Å². The van der Waals surface area contributed by atoms with Crippen molar-refractivity contribution < 1.29 is 23.9 Å². The molecule has 0 spiro atoms. The van der Waals surface area contributed by atoms with E-state index < -0.39 is 24.4 Å². The zero-order valence-electron chi connectivity index (χ0n) is 16.9. The van der Waals surface area contributed by atoms with Crippen molar-refractivity contribution in [2.24, 2.45) is 0 Å². The lowest BCUT2D eigenvalue weighted by atomic mass is 10.0. The number of esters is 1. The first kappa shape index (κ1) is 21.9. The molecule has 0 bridgehead atoms. The summed E-state index contributed by atoms with van der Waals surface area (Å²) in [5, 5.41) is 5.28. The number of hydrogen-bond acceptors (Lipinski definition) is 5. The molecule has 0 atom stereocenters. The molecule has 0 saturated carbocycles. The standard InChI is InChI=1S/C22H26N2O5/c1-4-15-8-6-9-16(5-2)21(15)24-19(25)14-29-20(26)13-23-22(27)17-10-7-11-18(12-17)28-3/h6-12H,4-5,13-14H2,1-3H3,(H,23,27)(H,24,25). The SMILES string of the molecule is CCc1cccc(CC)c1NC(=O)COC(=O)CNC(=O)c1cccc(OC)c1. The Morgan fingerprint density at radius 2 is 1.62 bits per heavy atom. The van der Waals surface area contributed by atoms with E-state index in [9.17, 15) is 14.4 Å². The van der Waals surface area contributed by atoms with Gasteiger partial charge in [-0.15, -0.1) is 0 Å². The molecule has 0 aliphatic rings. The average Bonchev–Trinajstić information content (AvgIpc) is 2.76. The van der Waals surface area contributed by atoms with Gasteiger partial charge >= 0.3 is 5.97 Å². The lowest BCUT2D eigenvalue weighted by molar-refractivity contribution is -0.146. The Hall–Kier alpha value is -3.35. The van der Waals surface area contributed by atoms with Crippen molar-refractivity contribution in [3.63, 3.8) is 0 Å². The number of aryl methyl sites for hydroxylation is 2. The number of benzene rings is 2. The van der Waals surface area contributed by atoms with Gasteiger partial charge in [-0.25, -0.2) is 0 Å². The molecule has 0 aromatic heterocycles. The maximum Gasteiger partial charge on any atom is 0.325 e. The third-order valence-electron chi connectivity index (χ3n) is 4.35. The molecular weight excluding hydrogens is 372 g/mol. The molecule has 2 aromatic carbocycles. The Bertz CT molecular complexity index is 857. The number of hydrogen-bond donors (Lipinski definition) is 2. The number of nitrogens with one attached hydrogen (secondary N) is 2. The zero-order valence-corrected chi connectivity index (χ0v) is 16.9. The second kappa shape index (κ2) is 10.8. The van der Waals surface area contributed by atoms with E-state index in [2.05, 4.69) is 10.6 Å². The fraction of sp³-hybridized carbons (Fsp3) is 0.318. The first-order valence-electron chi connectivity index (χ1n) is 9.46. The summed E-state index contributed by atoms with van der Waals surface area (Å²) in [5.74, 6) is -1.02. The van der Waals surface area contributed by atoms with Crippen LogP contribution in [0.2, 0.25) is 0 Å². The summed E-state index contributed by atoms with van der Waals surface area (Å²) in [4.78, 5) is 36.1. The van der Waals surface area contributed by atoms with Crippen LogP contribution in [0, 0.1) is 0 Å². The molecule has 2 amide bonds. The molecule has 7 heteroatoms. The largest absolute Gasteiger partial charge is 0.497 e. The van der Waals surface area contributed by atoms with E-state index in [0.717, 1.165) is 29.7 Å². The monoisotopic (exact) mass is 398 g/mol. The lowest BCUT2D eigenvalue weighted by Crippen LogP contribution is -2.32. The summed E-state index contributed by atoms with van der Waals surface area (Å²) in [6.07, 6.45) is 1.55. The third kappa shape index (κ3) is 6.34. The van der Waals surface area contributed by atoms with E-state index in [-0.39, 0.29) is 6.54 Å². The number of carbonyl (C=O) groups excluding carboxylic acids is 3. The van der Waals surface area contributed by atoms with Gasteiger partial charge in [-0.3, -0.25) is 14.4 Å². The van der Waals surface area contributed by atoms with Gasteiger partial charge in [0.05, 0.1) is 7.11 Å². The second-order valence-electron chi connectivity index (χ2n) is 6.28. The minimum Gasteiger partial charge on any atom is -0.497 e. The molecule has 0 aliphatic carbocycles. The number of methoxy groups -OCH3 is 1. The fourth-order valence-electron chi connectivity index (χ4n) is 2.79. The Kier molecular flexibility index (Phi) is 8.21. The third-order valence-corrected chi connectivity index (χ3v) is 4.35. The Labute approximate surface area is 170 Å². The number of amides is 2. The van der Waals surface area contributed by atoms with Crippen LogP contribution < -0.4 is 15.4 Å². The first-order chi connectivity index (χ1) is 14.0. The maximum absolute atomic E-state index is 12.2. The van der Waals surface area contributed by atoms with Crippen LogP contribution >= 0.6 is 0 Å². The van der Waals surface area contributed by atoms with Crippen LogP contribution in [0.1, 0.15) is 35.3 Å². The number of para-hydroxylation sites is 1. The number of carbonyl (C=O) groups is 3. The van der Waals surface area contributed by atoms with E-state index in [1.165, 1.54) is 7.11 Å². The van der Waals surface area contributed by atoms with Crippen molar-refractivity contribution >= 4 is 23.5 Å². The van der Waals surface area contributed by atoms with Gasteiger partial charge in [0.2, 0.25) is 0 Å². The Balaban J connectivity index is 1.83. The summed E-state index contributed by atoms with van der Waals surface area (Å²) in [7, 11) is 1.50. The van der Waals surface area contributed by atoms with E-state index in [1.54, 1.807) is 24.3 Å². The quantitative estimate of drug-likeness (QED) is 0.634. The van der Waals surface area contributed by atoms with Crippen LogP contribution in [0.4, 0.5) is 5.69 Å². The molecule has 2 rings (SSSR count). The van der Waals surface area contributed by atoms with Gasteiger partial charge in [-0.2, -0.15) is 0 Å². The van der Waals surface area contributed by atoms with Crippen LogP contribution in [0.15, 0.2) is 42.5 Å². The summed E-state index contributed by atoms with van der Waals surface area (Å²) in [6, 6.07) is 12.4. The summed E-state index contributed by atoms with van der Waals surface area (Å²) < 4.78 is 10.0. The summed E-state index contributed by atoms with van der Waals surface area (Å²) >= 11 is 0. The highest BCUT2D eigenvalue weighted by molar-refractivity contribution is 5.97. The highest BCUT2D eigenvalue weighted by Gasteiger charge is 2.13. The van der Waals surface area contributed by atoms with Crippen molar-refractivity contribution in [2.75, 3.05) is 25.6 Å². The molecule has 2 aromatic rings. The average molecular weight is 398 g/mol. The van der Waals surface area contributed by atoms with Crippen LogP contribution in [0.3, 0.4) is 0 Å². The summed E-state index contributed by atoms with van der Waals surface area (Å²) in [5.41, 5.74) is 3.17. The molecule has 0 radical (unpaired) electrons. The van der Waals surface area contributed by atoms with E-state index >= 15 is 0 Å². The van der Waals surface area contributed by atoms with Crippen LogP contribution in [0.25, 0.3) is 0 Å². The molecule has 0 saturated heterocycles. The normalized spacial score (nSPS) is 10.2. The molecule has 2 N–H and O–H groups in total. The molecule has 0 fully saturated rings. The predicted molar refractivity (Wildman–Crippen MR) is 110 cm³/mol. The molecule has 7 nitrogen and oxygen atoms in total. The van der Waals surface area contributed by atoms with Crippen molar-refractivity contribution in [1.82, 2.24) is 5.32 Å². The fourth-order valence-corrected chi connectivity index (χ4v) is 2.79. The van der Waals surface area contributed by atoms with Gasteiger partial charge in [0.1, 0.15) is 12.3 Å². The second-order valence-corrected chi connectivity index (χ2v) is 6.28. The number of rotatable bonds is 9. The lowest BCUT2D eigenvalue weighted by Gasteiger charge is -2.14. The van der Waals surface area contributed by atoms with Crippen LogP contribution in [0.5, 0.6) is 5.75 Å². The predicted octanol–water partition coefficient (Wildman–Crippen LogP) is 2.73. The highest BCUT2D eigenvalue weighted by Crippen LogP contribution is 2.22.